The topological polar surface area (TPSA) is 21.3 Å². The van der Waals surface area contributed by atoms with Gasteiger partial charge in [-0.2, -0.15) is 0 Å². The molecule has 1 fully saturated rings. The number of nitrogens with one attached hydrogen (secondary N) is 1. The van der Waals surface area contributed by atoms with Gasteiger partial charge in [-0.3, -0.25) is 0 Å². The minimum Gasteiger partial charge on any atom is -0.487 e. The van der Waals surface area contributed by atoms with Gasteiger partial charge in [0, 0.05) is 12.5 Å². The number of ether oxygens (including phenoxy) is 1. The number of rotatable bonds is 6. The normalized spacial score (nSPS) is 20.1. The molecule has 2 heteroatoms. The third-order valence-electron chi connectivity index (χ3n) is 4.06. The molecule has 0 atom stereocenters. The lowest BCUT2D eigenvalue weighted by molar-refractivity contribution is 0.137. The molecule has 0 spiro atoms. The van der Waals surface area contributed by atoms with Crippen LogP contribution in [0, 0.1) is 0 Å². The zero-order valence-electron chi connectivity index (χ0n) is 12.2. The quantitative estimate of drug-likeness (QED) is 0.790. The van der Waals surface area contributed by atoms with E-state index in [0.29, 0.717) is 0 Å². The SMILES string of the molecule is CC1(C)Cc2cccc(CCCCNC3CC3)c2O1. The zero-order valence-corrected chi connectivity index (χ0v) is 12.2. The summed E-state index contributed by atoms with van der Waals surface area (Å²) in [5, 5.41) is 3.58. The third kappa shape index (κ3) is 3.30. The van der Waals surface area contributed by atoms with Crippen molar-refractivity contribution in [2.45, 2.75) is 64.0 Å². The highest BCUT2D eigenvalue weighted by molar-refractivity contribution is 5.45. The first kappa shape index (κ1) is 13.0. The largest absolute Gasteiger partial charge is 0.487 e. The van der Waals surface area contributed by atoms with Gasteiger partial charge < -0.3 is 10.1 Å². The second-order valence-electron chi connectivity index (χ2n) is 6.63. The molecule has 3 rings (SSSR count). The molecule has 1 aromatic rings. The van der Waals surface area contributed by atoms with Gasteiger partial charge >= 0.3 is 0 Å². The van der Waals surface area contributed by atoms with Crippen LogP contribution in [0.1, 0.15) is 50.7 Å². The summed E-state index contributed by atoms with van der Waals surface area (Å²) in [7, 11) is 0. The molecule has 0 bridgehead atoms. The highest BCUT2D eigenvalue weighted by Crippen LogP contribution is 2.38. The molecule has 2 nitrogen and oxygen atoms in total. The Kier molecular flexibility index (Phi) is 3.53. The molecule has 1 aliphatic carbocycles. The fraction of sp³-hybridized carbons (Fsp3) is 0.647. The Morgan fingerprint density at radius 3 is 2.89 bits per heavy atom. The summed E-state index contributed by atoms with van der Waals surface area (Å²) in [4.78, 5) is 0. The van der Waals surface area contributed by atoms with E-state index in [2.05, 4.69) is 37.4 Å². The van der Waals surface area contributed by atoms with E-state index in [0.717, 1.165) is 18.9 Å². The van der Waals surface area contributed by atoms with Crippen LogP contribution in [0.25, 0.3) is 0 Å². The van der Waals surface area contributed by atoms with Crippen molar-refractivity contribution in [3.8, 4) is 5.75 Å². The predicted octanol–water partition coefficient (Wildman–Crippen LogP) is 3.47. The highest BCUT2D eigenvalue weighted by Gasteiger charge is 2.31. The molecule has 0 radical (unpaired) electrons. The van der Waals surface area contributed by atoms with Gasteiger partial charge in [0.1, 0.15) is 11.4 Å². The Balaban J connectivity index is 1.52. The van der Waals surface area contributed by atoms with Crippen LogP contribution < -0.4 is 10.1 Å². The lowest BCUT2D eigenvalue weighted by Gasteiger charge is -2.18. The average Bonchev–Trinajstić information content (AvgIpc) is 3.10. The van der Waals surface area contributed by atoms with Gasteiger partial charge in [-0.15, -0.1) is 0 Å². The van der Waals surface area contributed by atoms with Gasteiger partial charge in [-0.25, -0.2) is 0 Å². The van der Waals surface area contributed by atoms with Crippen LogP contribution in [0.3, 0.4) is 0 Å². The van der Waals surface area contributed by atoms with Crippen LogP contribution in [0.15, 0.2) is 18.2 Å². The Morgan fingerprint density at radius 2 is 2.11 bits per heavy atom. The van der Waals surface area contributed by atoms with Crippen LogP contribution in [0.2, 0.25) is 0 Å². The monoisotopic (exact) mass is 259 g/mol. The minimum absolute atomic E-state index is 0.0219. The second kappa shape index (κ2) is 5.16. The van der Waals surface area contributed by atoms with E-state index in [4.69, 9.17) is 4.74 Å². The van der Waals surface area contributed by atoms with Crippen molar-refractivity contribution in [1.29, 1.82) is 0 Å². The third-order valence-corrected chi connectivity index (χ3v) is 4.06. The number of para-hydroxylation sites is 1. The van der Waals surface area contributed by atoms with Crippen molar-refractivity contribution in [2.24, 2.45) is 0 Å². The van der Waals surface area contributed by atoms with E-state index in [9.17, 15) is 0 Å². The van der Waals surface area contributed by atoms with Crippen LogP contribution in [0.5, 0.6) is 5.75 Å². The van der Waals surface area contributed by atoms with E-state index < -0.39 is 0 Å². The second-order valence-corrected chi connectivity index (χ2v) is 6.63. The van der Waals surface area contributed by atoms with E-state index in [-0.39, 0.29) is 5.60 Å². The summed E-state index contributed by atoms with van der Waals surface area (Å²) >= 11 is 0. The Bertz CT molecular complexity index is 449. The molecule has 104 valence electrons. The summed E-state index contributed by atoms with van der Waals surface area (Å²) in [6.45, 7) is 5.53. The smallest absolute Gasteiger partial charge is 0.126 e. The molecule has 1 aromatic carbocycles. The maximum atomic E-state index is 6.12. The standard InChI is InChI=1S/C17H25NO/c1-17(2)12-14-8-5-7-13(16(14)19-17)6-3-4-11-18-15-9-10-15/h5,7-8,15,18H,3-4,6,9-12H2,1-2H3. The van der Waals surface area contributed by atoms with Crippen molar-refractivity contribution in [3.63, 3.8) is 0 Å². The summed E-state index contributed by atoms with van der Waals surface area (Å²) in [5.41, 5.74) is 2.76. The van der Waals surface area contributed by atoms with Crippen molar-refractivity contribution in [3.05, 3.63) is 29.3 Å². The lowest BCUT2D eigenvalue weighted by Crippen LogP contribution is -2.24. The molecule has 19 heavy (non-hydrogen) atoms. The molecule has 0 aromatic heterocycles. The van der Waals surface area contributed by atoms with Crippen LogP contribution >= 0.6 is 0 Å². The predicted molar refractivity (Wildman–Crippen MR) is 78.8 cm³/mol. The maximum Gasteiger partial charge on any atom is 0.126 e. The molecule has 0 amide bonds. The van der Waals surface area contributed by atoms with Gasteiger partial charge in [0.2, 0.25) is 0 Å². The van der Waals surface area contributed by atoms with Crippen LogP contribution in [0.4, 0.5) is 0 Å². The van der Waals surface area contributed by atoms with E-state index in [1.54, 1.807) is 0 Å². The van der Waals surface area contributed by atoms with E-state index >= 15 is 0 Å². The fourth-order valence-corrected chi connectivity index (χ4v) is 2.91. The average molecular weight is 259 g/mol. The van der Waals surface area contributed by atoms with Gasteiger partial charge in [0.05, 0.1) is 0 Å². The van der Waals surface area contributed by atoms with Gasteiger partial charge in [0.25, 0.3) is 0 Å². The van der Waals surface area contributed by atoms with Crippen molar-refractivity contribution in [2.75, 3.05) is 6.54 Å². The van der Waals surface area contributed by atoms with E-state index in [1.807, 2.05) is 0 Å². The van der Waals surface area contributed by atoms with Crippen LogP contribution in [-0.2, 0) is 12.8 Å². The number of aryl methyl sites for hydroxylation is 1. The molecule has 1 aliphatic heterocycles. The van der Waals surface area contributed by atoms with Gasteiger partial charge in [-0.05, 0) is 63.6 Å². The molecule has 1 N–H and O–H groups in total. The molecule has 1 saturated carbocycles. The number of unbranched alkanes of at least 4 members (excludes halogenated alkanes) is 1. The Labute approximate surface area is 116 Å². The first-order chi connectivity index (χ1) is 9.14. The Morgan fingerprint density at radius 1 is 1.26 bits per heavy atom. The summed E-state index contributed by atoms with van der Waals surface area (Å²) < 4.78 is 6.12. The molecule has 2 aliphatic rings. The first-order valence-corrected chi connectivity index (χ1v) is 7.67. The maximum absolute atomic E-state index is 6.12. The summed E-state index contributed by atoms with van der Waals surface area (Å²) in [6.07, 6.45) is 7.47. The Hall–Kier alpha value is -1.02. The van der Waals surface area contributed by atoms with Crippen molar-refractivity contribution in [1.82, 2.24) is 5.32 Å². The molecule has 1 heterocycles. The number of hydrogen-bond donors (Lipinski definition) is 1. The zero-order chi connectivity index (χ0) is 13.3. The lowest BCUT2D eigenvalue weighted by atomic mass is 9.99. The van der Waals surface area contributed by atoms with Gasteiger partial charge in [0.15, 0.2) is 0 Å². The number of benzene rings is 1. The van der Waals surface area contributed by atoms with Gasteiger partial charge in [-0.1, -0.05) is 18.2 Å². The van der Waals surface area contributed by atoms with E-state index in [1.165, 1.54) is 49.1 Å². The highest BCUT2D eigenvalue weighted by atomic mass is 16.5. The van der Waals surface area contributed by atoms with Crippen molar-refractivity contribution >= 4 is 0 Å². The molecular formula is C17H25NO. The first-order valence-electron chi connectivity index (χ1n) is 7.67. The molecule has 0 saturated heterocycles. The number of hydrogen-bond acceptors (Lipinski definition) is 2. The van der Waals surface area contributed by atoms with Crippen molar-refractivity contribution < 1.29 is 4.74 Å². The number of fused-ring (bicyclic) bond motifs is 1. The summed E-state index contributed by atoms with van der Waals surface area (Å²) in [6, 6.07) is 7.46. The molecule has 0 unspecified atom stereocenters. The fourth-order valence-electron chi connectivity index (χ4n) is 2.91. The minimum atomic E-state index is -0.0219. The summed E-state index contributed by atoms with van der Waals surface area (Å²) in [5.74, 6) is 1.17. The van der Waals surface area contributed by atoms with Crippen LogP contribution in [-0.4, -0.2) is 18.2 Å². The molecular weight excluding hydrogens is 234 g/mol.